The quantitative estimate of drug-likeness (QED) is 0.381. The van der Waals surface area contributed by atoms with E-state index in [4.69, 9.17) is 4.74 Å². The molecule has 3 atom stereocenters. The molecule has 0 radical (unpaired) electrons. The Morgan fingerprint density at radius 2 is 1.71 bits per heavy atom. The fourth-order valence-electron chi connectivity index (χ4n) is 4.68. The molecule has 0 bridgehead atoms. The molecule has 1 aliphatic rings. The molecule has 0 unspecified atom stereocenters. The number of fused-ring (bicyclic) bond motifs is 1. The van der Waals surface area contributed by atoms with Crippen molar-refractivity contribution in [2.45, 2.75) is 44.0 Å². The van der Waals surface area contributed by atoms with Crippen molar-refractivity contribution in [3.63, 3.8) is 0 Å². The van der Waals surface area contributed by atoms with Crippen LogP contribution in [0.3, 0.4) is 0 Å². The lowest BCUT2D eigenvalue weighted by Gasteiger charge is -2.37. The average Bonchev–Trinajstić information content (AvgIpc) is 2.94. The third kappa shape index (κ3) is 6.88. The molecular formula is C30H34F3N3O5S. The van der Waals surface area contributed by atoms with Gasteiger partial charge in [0.2, 0.25) is 10.0 Å². The minimum Gasteiger partial charge on any atom is -0.487 e. The van der Waals surface area contributed by atoms with E-state index in [9.17, 15) is 31.5 Å². The second-order valence-electron chi connectivity index (χ2n) is 10.7. The van der Waals surface area contributed by atoms with Gasteiger partial charge in [0.15, 0.2) is 0 Å². The Morgan fingerprint density at radius 3 is 2.31 bits per heavy atom. The van der Waals surface area contributed by atoms with Crippen molar-refractivity contribution in [2.75, 3.05) is 32.1 Å². The van der Waals surface area contributed by atoms with Crippen molar-refractivity contribution < 1.29 is 36.2 Å². The Hall–Kier alpha value is -3.61. The van der Waals surface area contributed by atoms with E-state index in [1.54, 1.807) is 26.0 Å². The van der Waals surface area contributed by atoms with Crippen molar-refractivity contribution in [2.24, 2.45) is 5.92 Å². The standard InChI is InChI=1S/C30H34F3N3O5S/c1-19-5-7-22(8-6-19)23-9-14-28-26(15-23)41-27(20(2)16-36(21(3)18-37)42(28,39)40)17-35(4)29(38)34-25-12-10-24(11-13-25)30(31,32)33/h5-15,20-21,27,37H,16-18H2,1-4H3,(H,34,38)/t20-,21+,27+/m1/s1. The number of carbonyl (C=O) groups excluding carboxylic acids is 1. The molecule has 12 heteroatoms. The van der Waals surface area contributed by atoms with E-state index in [0.717, 1.165) is 28.8 Å². The highest BCUT2D eigenvalue weighted by Gasteiger charge is 2.38. The Labute approximate surface area is 243 Å². The van der Waals surface area contributed by atoms with Gasteiger partial charge >= 0.3 is 12.2 Å². The summed E-state index contributed by atoms with van der Waals surface area (Å²) in [6.07, 6.45) is -5.15. The number of hydrogen-bond acceptors (Lipinski definition) is 5. The molecule has 1 heterocycles. The van der Waals surface area contributed by atoms with Crippen molar-refractivity contribution in [1.82, 2.24) is 9.21 Å². The molecule has 8 nitrogen and oxygen atoms in total. The number of urea groups is 1. The predicted octanol–water partition coefficient (Wildman–Crippen LogP) is 5.61. The number of alkyl halides is 3. The number of ether oxygens (including phenoxy) is 1. The first-order valence-corrected chi connectivity index (χ1v) is 14.8. The van der Waals surface area contributed by atoms with Crippen LogP contribution >= 0.6 is 0 Å². The molecule has 2 amide bonds. The maximum absolute atomic E-state index is 13.7. The number of rotatable bonds is 6. The van der Waals surface area contributed by atoms with Crippen LogP contribution in [0.5, 0.6) is 5.75 Å². The number of likely N-dealkylation sites (N-methyl/N-ethyl adjacent to an activating group) is 1. The zero-order chi connectivity index (χ0) is 30.8. The van der Waals surface area contributed by atoms with Gasteiger partial charge in [-0.2, -0.15) is 17.5 Å². The van der Waals surface area contributed by atoms with Gasteiger partial charge < -0.3 is 20.1 Å². The summed E-state index contributed by atoms with van der Waals surface area (Å²) in [5.74, 6) is -0.289. The van der Waals surface area contributed by atoms with E-state index < -0.39 is 45.9 Å². The Morgan fingerprint density at radius 1 is 1.10 bits per heavy atom. The van der Waals surface area contributed by atoms with Gasteiger partial charge in [-0.3, -0.25) is 0 Å². The number of carbonyl (C=O) groups is 1. The number of amides is 2. The number of aliphatic hydroxyl groups is 1. The number of nitrogens with zero attached hydrogens (tertiary/aromatic N) is 2. The molecule has 2 N–H and O–H groups in total. The van der Waals surface area contributed by atoms with Gasteiger partial charge in [0.25, 0.3) is 0 Å². The summed E-state index contributed by atoms with van der Waals surface area (Å²) in [7, 11) is -2.52. The normalized spacial score (nSPS) is 19.5. The van der Waals surface area contributed by atoms with E-state index >= 15 is 0 Å². The highest BCUT2D eigenvalue weighted by molar-refractivity contribution is 7.89. The average molecular weight is 606 g/mol. The largest absolute Gasteiger partial charge is 0.487 e. The summed E-state index contributed by atoms with van der Waals surface area (Å²) >= 11 is 0. The molecular weight excluding hydrogens is 571 g/mol. The highest BCUT2D eigenvalue weighted by Crippen LogP contribution is 2.37. The maximum Gasteiger partial charge on any atom is 0.416 e. The van der Waals surface area contributed by atoms with Crippen LogP contribution in [-0.4, -0.2) is 67.7 Å². The first-order chi connectivity index (χ1) is 19.7. The minimum atomic E-state index is -4.49. The molecule has 42 heavy (non-hydrogen) atoms. The lowest BCUT2D eigenvalue weighted by Crippen LogP contribution is -2.50. The number of anilines is 1. The van der Waals surface area contributed by atoms with Gasteiger partial charge in [-0.1, -0.05) is 42.8 Å². The summed E-state index contributed by atoms with van der Waals surface area (Å²) in [6, 6.07) is 15.4. The summed E-state index contributed by atoms with van der Waals surface area (Å²) in [6.45, 7) is 5.07. The van der Waals surface area contributed by atoms with Crippen molar-refractivity contribution in [3.8, 4) is 16.9 Å². The zero-order valence-corrected chi connectivity index (χ0v) is 24.5. The molecule has 0 fully saturated rings. The number of nitrogens with one attached hydrogen (secondary N) is 1. The van der Waals surface area contributed by atoms with Gasteiger partial charge in [0.1, 0.15) is 16.7 Å². The molecule has 0 saturated carbocycles. The highest BCUT2D eigenvalue weighted by atomic mass is 32.2. The van der Waals surface area contributed by atoms with Crippen molar-refractivity contribution >= 4 is 21.7 Å². The third-order valence-corrected chi connectivity index (χ3v) is 9.34. The monoisotopic (exact) mass is 605 g/mol. The molecule has 0 spiro atoms. The molecule has 4 rings (SSSR count). The Kier molecular flexibility index (Phi) is 9.19. The minimum absolute atomic E-state index is 0.0300. The van der Waals surface area contributed by atoms with Crippen LogP contribution in [-0.2, 0) is 16.2 Å². The Bertz CT molecular complexity index is 1510. The maximum atomic E-state index is 13.7. The fourth-order valence-corrected chi connectivity index (χ4v) is 6.51. The zero-order valence-electron chi connectivity index (χ0n) is 23.7. The van der Waals surface area contributed by atoms with Crippen LogP contribution in [0.2, 0.25) is 0 Å². The summed E-state index contributed by atoms with van der Waals surface area (Å²) in [4.78, 5) is 14.2. The van der Waals surface area contributed by atoms with E-state index in [2.05, 4.69) is 5.32 Å². The smallest absolute Gasteiger partial charge is 0.416 e. The van der Waals surface area contributed by atoms with Crippen LogP contribution in [0.1, 0.15) is 25.0 Å². The second-order valence-corrected chi connectivity index (χ2v) is 12.5. The van der Waals surface area contributed by atoms with E-state index in [1.165, 1.54) is 34.5 Å². The van der Waals surface area contributed by atoms with Crippen LogP contribution in [0.25, 0.3) is 11.1 Å². The summed E-state index contributed by atoms with van der Waals surface area (Å²) in [5, 5.41) is 12.4. The van der Waals surface area contributed by atoms with Crippen LogP contribution < -0.4 is 10.1 Å². The first kappa shape index (κ1) is 31.3. The number of aliphatic hydroxyl groups excluding tert-OH is 1. The van der Waals surface area contributed by atoms with Gasteiger partial charge in [0.05, 0.1) is 18.7 Å². The second kappa shape index (κ2) is 12.3. The molecule has 0 saturated heterocycles. The predicted molar refractivity (Wildman–Crippen MR) is 154 cm³/mol. The van der Waals surface area contributed by atoms with Gasteiger partial charge in [-0.15, -0.1) is 0 Å². The van der Waals surface area contributed by atoms with Crippen LogP contribution in [0.15, 0.2) is 71.6 Å². The van der Waals surface area contributed by atoms with E-state index in [1.807, 2.05) is 31.2 Å². The lowest BCUT2D eigenvalue weighted by molar-refractivity contribution is -0.137. The van der Waals surface area contributed by atoms with Gasteiger partial charge in [-0.05, 0) is 61.4 Å². The lowest BCUT2D eigenvalue weighted by atomic mass is 10.0. The van der Waals surface area contributed by atoms with Gasteiger partial charge in [-0.25, -0.2) is 13.2 Å². The number of halogens is 3. The molecule has 3 aromatic rings. The molecule has 1 aliphatic heterocycles. The van der Waals surface area contributed by atoms with Crippen LogP contribution in [0.4, 0.5) is 23.7 Å². The SMILES string of the molecule is Cc1ccc(-c2ccc3c(c2)O[C@@H](CN(C)C(=O)Nc2ccc(C(F)(F)F)cc2)[C@H](C)CN([C@@H](C)CO)S3(=O)=O)cc1. The molecule has 0 aromatic heterocycles. The van der Waals surface area contributed by atoms with Gasteiger partial charge in [0, 0.05) is 31.2 Å². The third-order valence-electron chi connectivity index (χ3n) is 7.32. The molecule has 3 aromatic carbocycles. The van der Waals surface area contributed by atoms with Crippen LogP contribution in [0, 0.1) is 12.8 Å². The number of aryl methyl sites for hydroxylation is 1. The fraction of sp³-hybridized carbons (Fsp3) is 0.367. The molecule has 0 aliphatic carbocycles. The van der Waals surface area contributed by atoms with E-state index in [0.29, 0.717) is 0 Å². The summed E-state index contributed by atoms with van der Waals surface area (Å²) < 4.78 is 73.7. The summed E-state index contributed by atoms with van der Waals surface area (Å²) in [5.41, 5.74) is 2.04. The van der Waals surface area contributed by atoms with Crippen molar-refractivity contribution in [3.05, 3.63) is 77.9 Å². The molecule has 226 valence electrons. The number of sulfonamides is 1. The number of hydrogen-bond donors (Lipinski definition) is 2. The topological polar surface area (TPSA) is 99.2 Å². The Balaban J connectivity index is 1.63. The first-order valence-electron chi connectivity index (χ1n) is 13.4. The number of benzene rings is 3. The van der Waals surface area contributed by atoms with E-state index in [-0.39, 0.29) is 36.0 Å². The van der Waals surface area contributed by atoms with Crippen molar-refractivity contribution in [1.29, 1.82) is 0 Å².